The molecule has 1 aromatic carbocycles. The molecule has 0 spiro atoms. The van der Waals surface area contributed by atoms with Gasteiger partial charge in [-0.05, 0) is 44.1 Å². The Morgan fingerprint density at radius 1 is 1.32 bits per heavy atom. The summed E-state index contributed by atoms with van der Waals surface area (Å²) in [6.45, 7) is 7.15. The van der Waals surface area contributed by atoms with Crippen molar-refractivity contribution in [3.63, 3.8) is 0 Å². The van der Waals surface area contributed by atoms with Gasteiger partial charge >= 0.3 is 0 Å². The Morgan fingerprint density at radius 2 is 2.11 bits per heavy atom. The average Bonchev–Trinajstić information content (AvgIpc) is 2.70. The van der Waals surface area contributed by atoms with Crippen LogP contribution >= 0.6 is 11.6 Å². The van der Waals surface area contributed by atoms with Crippen LogP contribution in [0.3, 0.4) is 0 Å². The number of carbonyl (C=O) groups excluding carboxylic acids is 1. The number of carbonyl (C=O) groups is 1. The van der Waals surface area contributed by atoms with Crippen LogP contribution in [0.25, 0.3) is 0 Å². The van der Waals surface area contributed by atoms with Crippen LogP contribution in [-0.4, -0.2) is 43.1 Å². The highest BCUT2D eigenvalue weighted by molar-refractivity contribution is 6.33. The maximum Gasteiger partial charge on any atom is 0.255 e. The maximum absolute atomic E-state index is 12.8. The minimum absolute atomic E-state index is 0.165. The molecule has 0 radical (unpaired) electrons. The van der Waals surface area contributed by atoms with E-state index in [0.717, 1.165) is 38.4 Å². The second-order valence-corrected chi connectivity index (χ2v) is 8.08. The number of allylic oxidation sites excluding steroid dienone is 2. The highest BCUT2D eigenvalue weighted by Gasteiger charge is 2.24. The van der Waals surface area contributed by atoms with Crippen LogP contribution in [0.4, 0.5) is 5.69 Å². The van der Waals surface area contributed by atoms with Gasteiger partial charge < -0.3 is 20.7 Å². The van der Waals surface area contributed by atoms with Crippen molar-refractivity contribution in [3.8, 4) is 5.75 Å². The number of piperidine rings is 1. The fourth-order valence-electron chi connectivity index (χ4n) is 3.92. The molecule has 1 atom stereocenters. The number of likely N-dealkylation sites (tertiary alicyclic amines) is 1. The third-order valence-electron chi connectivity index (χ3n) is 5.52. The Labute approximate surface area is 172 Å². The minimum atomic E-state index is -0.170. The first-order valence-electron chi connectivity index (χ1n) is 10.1. The molecular weight excluding hydrogens is 374 g/mol. The van der Waals surface area contributed by atoms with Gasteiger partial charge in [0.25, 0.3) is 5.91 Å². The third-order valence-corrected chi connectivity index (χ3v) is 5.84. The third kappa shape index (κ3) is 5.52. The number of nitrogens with one attached hydrogen (secondary N) is 1. The summed E-state index contributed by atoms with van der Waals surface area (Å²) < 4.78 is 5.60. The first kappa shape index (κ1) is 20.7. The largest absolute Gasteiger partial charge is 0.489 e. The molecule has 3 N–H and O–H groups in total. The zero-order valence-corrected chi connectivity index (χ0v) is 17.1. The van der Waals surface area contributed by atoms with Gasteiger partial charge in [0, 0.05) is 31.7 Å². The molecule has 2 aliphatic rings. The topological polar surface area (TPSA) is 67.6 Å². The highest BCUT2D eigenvalue weighted by atomic mass is 35.5. The van der Waals surface area contributed by atoms with Crippen molar-refractivity contribution in [3.05, 3.63) is 47.5 Å². The fraction of sp³-hybridized carbons (Fsp3) is 0.500. The van der Waals surface area contributed by atoms with Crippen molar-refractivity contribution in [2.45, 2.75) is 38.1 Å². The van der Waals surface area contributed by atoms with Gasteiger partial charge in [-0.15, -0.1) is 0 Å². The molecule has 0 bridgehead atoms. The summed E-state index contributed by atoms with van der Waals surface area (Å²) in [6.07, 6.45) is 11.8. The predicted octanol–water partition coefficient (Wildman–Crippen LogP) is 4.04. The van der Waals surface area contributed by atoms with E-state index in [0.29, 0.717) is 28.6 Å². The van der Waals surface area contributed by atoms with Crippen LogP contribution in [0.5, 0.6) is 5.75 Å². The molecular formula is C22H30ClN3O2. The molecule has 1 aliphatic carbocycles. The number of amides is 1. The molecule has 6 heteroatoms. The monoisotopic (exact) mass is 403 g/mol. The molecule has 1 unspecified atom stereocenters. The molecule has 1 heterocycles. The number of nitrogen functional groups attached to an aromatic ring is 1. The summed E-state index contributed by atoms with van der Waals surface area (Å²) in [5.74, 6) is 1.04. The van der Waals surface area contributed by atoms with Gasteiger partial charge in [0.2, 0.25) is 0 Å². The molecule has 1 amide bonds. The first-order chi connectivity index (χ1) is 13.6. The Bertz CT molecular complexity index is 727. The Morgan fingerprint density at radius 3 is 2.79 bits per heavy atom. The lowest BCUT2D eigenvalue weighted by atomic mass is 9.93. The van der Waals surface area contributed by atoms with E-state index in [1.54, 1.807) is 18.2 Å². The second kappa shape index (κ2) is 9.99. The SMILES string of the molecule is C=CCOc1cc(N)c(Cl)cc1C(=O)NC1CCN(CC2CC=CCC2)CC1. The number of ether oxygens (including phenoxy) is 1. The molecule has 1 fully saturated rings. The molecule has 3 rings (SSSR count). The van der Waals surface area contributed by atoms with Gasteiger partial charge in [-0.3, -0.25) is 4.79 Å². The summed E-state index contributed by atoms with van der Waals surface area (Å²) in [7, 11) is 0. The van der Waals surface area contributed by atoms with E-state index in [9.17, 15) is 4.79 Å². The van der Waals surface area contributed by atoms with Gasteiger partial charge in [0.1, 0.15) is 12.4 Å². The molecule has 152 valence electrons. The molecule has 1 saturated heterocycles. The van der Waals surface area contributed by atoms with E-state index >= 15 is 0 Å². The van der Waals surface area contributed by atoms with Gasteiger partial charge in [0.05, 0.1) is 16.3 Å². The molecule has 1 aliphatic heterocycles. The Kier molecular flexibility index (Phi) is 7.40. The molecule has 5 nitrogen and oxygen atoms in total. The van der Waals surface area contributed by atoms with E-state index < -0.39 is 0 Å². The average molecular weight is 404 g/mol. The predicted molar refractivity (Wildman–Crippen MR) is 115 cm³/mol. The van der Waals surface area contributed by atoms with Crippen LogP contribution in [0.2, 0.25) is 5.02 Å². The van der Waals surface area contributed by atoms with E-state index in [2.05, 4.69) is 28.9 Å². The number of hydrogen-bond donors (Lipinski definition) is 2. The zero-order valence-electron chi connectivity index (χ0n) is 16.3. The van der Waals surface area contributed by atoms with Crippen molar-refractivity contribution < 1.29 is 9.53 Å². The summed E-state index contributed by atoms with van der Waals surface area (Å²) in [4.78, 5) is 15.4. The fourth-order valence-corrected chi connectivity index (χ4v) is 4.09. The number of rotatable bonds is 7. The molecule has 0 aromatic heterocycles. The highest BCUT2D eigenvalue weighted by Crippen LogP contribution is 2.29. The molecule has 0 saturated carbocycles. The van der Waals surface area contributed by atoms with Crippen molar-refractivity contribution in [2.24, 2.45) is 5.92 Å². The zero-order chi connectivity index (χ0) is 19.9. The van der Waals surface area contributed by atoms with Gasteiger partial charge in [-0.1, -0.05) is 36.4 Å². The minimum Gasteiger partial charge on any atom is -0.489 e. The van der Waals surface area contributed by atoms with E-state index in [4.69, 9.17) is 22.1 Å². The number of hydrogen-bond acceptors (Lipinski definition) is 4. The Balaban J connectivity index is 1.54. The lowest BCUT2D eigenvalue weighted by Gasteiger charge is -2.35. The quantitative estimate of drug-likeness (QED) is 0.532. The lowest BCUT2D eigenvalue weighted by molar-refractivity contribution is 0.0901. The summed E-state index contributed by atoms with van der Waals surface area (Å²) in [5, 5.41) is 3.49. The summed E-state index contributed by atoms with van der Waals surface area (Å²) >= 11 is 6.13. The van der Waals surface area contributed by atoms with Gasteiger partial charge in [0.15, 0.2) is 0 Å². The van der Waals surface area contributed by atoms with Crippen molar-refractivity contribution in [1.29, 1.82) is 0 Å². The number of halogens is 1. The standard InChI is InChI=1S/C22H30ClN3O2/c1-2-12-28-21-14-20(24)19(23)13-18(21)22(27)25-17-8-10-26(11-9-17)15-16-6-4-3-5-7-16/h2-4,13-14,16-17H,1,5-12,15,24H2,(H,25,27). The number of anilines is 1. The molecule has 28 heavy (non-hydrogen) atoms. The van der Waals surface area contributed by atoms with Crippen LogP contribution in [0.1, 0.15) is 42.5 Å². The van der Waals surface area contributed by atoms with Crippen LogP contribution in [-0.2, 0) is 0 Å². The van der Waals surface area contributed by atoms with Crippen LogP contribution in [0, 0.1) is 5.92 Å². The van der Waals surface area contributed by atoms with Gasteiger partial charge in [-0.2, -0.15) is 0 Å². The smallest absolute Gasteiger partial charge is 0.255 e. The Hall–Kier alpha value is -1.98. The number of benzene rings is 1. The second-order valence-electron chi connectivity index (χ2n) is 7.67. The van der Waals surface area contributed by atoms with E-state index in [1.807, 2.05) is 0 Å². The van der Waals surface area contributed by atoms with Crippen molar-refractivity contribution >= 4 is 23.2 Å². The number of nitrogens with two attached hydrogens (primary N) is 1. The van der Waals surface area contributed by atoms with Gasteiger partial charge in [-0.25, -0.2) is 0 Å². The summed E-state index contributed by atoms with van der Waals surface area (Å²) in [6, 6.07) is 3.34. The van der Waals surface area contributed by atoms with Crippen molar-refractivity contribution in [1.82, 2.24) is 10.2 Å². The van der Waals surface area contributed by atoms with Crippen molar-refractivity contribution in [2.75, 3.05) is 32.0 Å². The lowest BCUT2D eigenvalue weighted by Crippen LogP contribution is -2.45. The van der Waals surface area contributed by atoms with E-state index in [1.165, 1.54) is 19.3 Å². The maximum atomic E-state index is 12.8. The van der Waals surface area contributed by atoms with Crippen LogP contribution in [0.15, 0.2) is 36.9 Å². The molecule has 1 aromatic rings. The van der Waals surface area contributed by atoms with E-state index in [-0.39, 0.29) is 11.9 Å². The first-order valence-corrected chi connectivity index (χ1v) is 10.5. The number of nitrogens with zero attached hydrogens (tertiary/aromatic N) is 1. The summed E-state index contributed by atoms with van der Waals surface area (Å²) in [5.41, 5.74) is 6.66. The van der Waals surface area contributed by atoms with Crippen LogP contribution < -0.4 is 15.8 Å². The normalized spacial score (nSPS) is 20.7.